The Hall–Kier alpha value is -1.23. The Labute approximate surface area is 123 Å². The number of hydrogen-bond acceptors (Lipinski definition) is 4. The number of para-hydroxylation sites is 1. The van der Waals surface area contributed by atoms with Crippen molar-refractivity contribution in [3.63, 3.8) is 0 Å². The molecular formula is C16H21N3S. The molecular weight excluding hydrogens is 266 g/mol. The number of thiazole rings is 1. The lowest BCUT2D eigenvalue weighted by Crippen LogP contribution is -2.37. The van der Waals surface area contributed by atoms with Crippen LogP contribution in [0.5, 0.6) is 0 Å². The van der Waals surface area contributed by atoms with Crippen LogP contribution in [0, 0.1) is 0 Å². The average molecular weight is 287 g/mol. The average Bonchev–Trinajstić information content (AvgIpc) is 2.90. The zero-order chi connectivity index (χ0) is 13.8. The number of nitrogens with zero attached hydrogens (tertiary/aromatic N) is 1. The summed E-state index contributed by atoms with van der Waals surface area (Å²) in [6.45, 7) is 0. The minimum atomic E-state index is 0.292. The van der Waals surface area contributed by atoms with Gasteiger partial charge in [0.15, 0.2) is 0 Å². The van der Waals surface area contributed by atoms with Gasteiger partial charge in [0.05, 0.1) is 15.2 Å². The maximum atomic E-state index is 5.73. The molecule has 4 heteroatoms. The first-order valence-corrected chi connectivity index (χ1v) is 8.15. The van der Waals surface area contributed by atoms with E-state index < -0.39 is 0 Å². The van der Waals surface area contributed by atoms with Crippen LogP contribution in [0.1, 0.15) is 37.1 Å². The van der Waals surface area contributed by atoms with E-state index in [-0.39, 0.29) is 0 Å². The highest BCUT2D eigenvalue weighted by Gasteiger charge is 2.14. The molecule has 0 saturated heterocycles. The van der Waals surface area contributed by atoms with E-state index in [9.17, 15) is 0 Å². The van der Waals surface area contributed by atoms with Crippen LogP contribution in [0.4, 0.5) is 0 Å². The fraction of sp³-hybridized carbons (Fsp3) is 0.438. The van der Waals surface area contributed by atoms with Crippen molar-refractivity contribution in [1.82, 2.24) is 10.4 Å². The van der Waals surface area contributed by atoms with Gasteiger partial charge in [0, 0.05) is 12.5 Å². The van der Waals surface area contributed by atoms with Crippen molar-refractivity contribution >= 4 is 21.6 Å². The van der Waals surface area contributed by atoms with Crippen LogP contribution >= 0.6 is 11.3 Å². The summed E-state index contributed by atoms with van der Waals surface area (Å²) in [5, 5.41) is 1.17. The van der Waals surface area contributed by atoms with Crippen molar-refractivity contribution in [1.29, 1.82) is 0 Å². The molecule has 0 saturated carbocycles. The maximum Gasteiger partial charge on any atom is 0.0954 e. The molecule has 0 radical (unpaired) electrons. The van der Waals surface area contributed by atoms with Crippen molar-refractivity contribution in [2.24, 2.45) is 5.84 Å². The maximum absolute atomic E-state index is 5.73. The van der Waals surface area contributed by atoms with Gasteiger partial charge in [-0.2, -0.15) is 0 Å². The van der Waals surface area contributed by atoms with E-state index in [1.54, 1.807) is 16.9 Å². The van der Waals surface area contributed by atoms with Gasteiger partial charge in [-0.25, -0.2) is 4.98 Å². The van der Waals surface area contributed by atoms with Crippen LogP contribution in [0.2, 0.25) is 0 Å². The summed E-state index contributed by atoms with van der Waals surface area (Å²) in [5.41, 5.74) is 5.62. The van der Waals surface area contributed by atoms with Crippen molar-refractivity contribution in [3.05, 3.63) is 40.9 Å². The molecule has 0 fully saturated rings. The summed E-state index contributed by atoms with van der Waals surface area (Å²) in [4.78, 5) is 4.70. The van der Waals surface area contributed by atoms with Gasteiger partial charge in [-0.3, -0.25) is 11.3 Å². The predicted molar refractivity (Wildman–Crippen MR) is 85.6 cm³/mol. The quantitative estimate of drug-likeness (QED) is 0.502. The van der Waals surface area contributed by atoms with Crippen molar-refractivity contribution in [2.45, 2.75) is 44.6 Å². The molecule has 20 heavy (non-hydrogen) atoms. The number of fused-ring (bicyclic) bond motifs is 1. The Morgan fingerprint density at radius 2 is 2.15 bits per heavy atom. The van der Waals surface area contributed by atoms with Crippen LogP contribution < -0.4 is 11.3 Å². The number of nitrogens with one attached hydrogen (secondary N) is 1. The summed E-state index contributed by atoms with van der Waals surface area (Å²) >= 11 is 1.78. The molecule has 0 amide bonds. The van der Waals surface area contributed by atoms with E-state index >= 15 is 0 Å². The molecule has 1 atom stereocenters. The second kappa shape index (κ2) is 6.48. The molecule has 1 aromatic heterocycles. The van der Waals surface area contributed by atoms with Gasteiger partial charge in [-0.05, 0) is 44.2 Å². The molecule has 0 aliphatic heterocycles. The molecule has 2 aromatic rings. The highest BCUT2D eigenvalue weighted by atomic mass is 32.1. The normalized spacial score (nSPS) is 17.1. The first-order valence-electron chi connectivity index (χ1n) is 7.33. The zero-order valence-electron chi connectivity index (χ0n) is 11.6. The number of hydrazine groups is 1. The minimum absolute atomic E-state index is 0.292. The lowest BCUT2D eigenvalue weighted by molar-refractivity contribution is 0.504. The standard InChI is InChI=1S/C16H21N3S/c17-19-13(10-12-6-2-1-3-7-12)11-16-18-14-8-4-5-9-15(14)20-16/h4-6,8-9,13,19H,1-3,7,10-11,17H2. The first-order chi connectivity index (χ1) is 9.85. The third-order valence-electron chi connectivity index (χ3n) is 3.89. The van der Waals surface area contributed by atoms with Gasteiger partial charge >= 0.3 is 0 Å². The summed E-state index contributed by atoms with van der Waals surface area (Å²) in [5.74, 6) is 5.73. The Morgan fingerprint density at radius 1 is 1.25 bits per heavy atom. The van der Waals surface area contributed by atoms with Crippen molar-refractivity contribution in [3.8, 4) is 0 Å². The second-order valence-electron chi connectivity index (χ2n) is 5.46. The molecule has 1 unspecified atom stereocenters. The van der Waals surface area contributed by atoms with E-state index in [0.717, 1.165) is 18.4 Å². The van der Waals surface area contributed by atoms with Gasteiger partial charge in [-0.15, -0.1) is 11.3 Å². The monoisotopic (exact) mass is 287 g/mol. The summed E-state index contributed by atoms with van der Waals surface area (Å²) < 4.78 is 1.26. The van der Waals surface area contributed by atoms with Crippen LogP contribution in [0.3, 0.4) is 0 Å². The summed E-state index contributed by atoms with van der Waals surface area (Å²) in [6.07, 6.45) is 9.48. The molecule has 0 bridgehead atoms. The van der Waals surface area contributed by atoms with Gasteiger partial charge in [0.25, 0.3) is 0 Å². The summed E-state index contributed by atoms with van der Waals surface area (Å²) in [7, 11) is 0. The number of nitrogens with two attached hydrogens (primary N) is 1. The Morgan fingerprint density at radius 3 is 2.90 bits per heavy atom. The minimum Gasteiger partial charge on any atom is -0.271 e. The van der Waals surface area contributed by atoms with Gasteiger partial charge in [0.2, 0.25) is 0 Å². The fourth-order valence-electron chi connectivity index (χ4n) is 2.81. The number of hydrogen-bond donors (Lipinski definition) is 2. The topological polar surface area (TPSA) is 50.9 Å². The van der Waals surface area contributed by atoms with Crippen LogP contribution in [-0.2, 0) is 6.42 Å². The molecule has 3 N–H and O–H groups in total. The van der Waals surface area contributed by atoms with Crippen LogP contribution in [0.25, 0.3) is 10.2 Å². The first kappa shape index (κ1) is 13.7. The lowest BCUT2D eigenvalue weighted by atomic mass is 9.93. The third kappa shape index (κ3) is 3.26. The molecule has 1 aromatic carbocycles. The zero-order valence-corrected chi connectivity index (χ0v) is 12.5. The van der Waals surface area contributed by atoms with E-state index in [4.69, 9.17) is 10.8 Å². The molecule has 1 heterocycles. The molecule has 0 spiro atoms. The highest BCUT2D eigenvalue weighted by molar-refractivity contribution is 7.18. The van der Waals surface area contributed by atoms with E-state index in [0.29, 0.717) is 6.04 Å². The van der Waals surface area contributed by atoms with Gasteiger partial charge < -0.3 is 0 Å². The largest absolute Gasteiger partial charge is 0.271 e. The number of aromatic nitrogens is 1. The molecule has 3 nitrogen and oxygen atoms in total. The SMILES string of the molecule is NNC(CC1=CCCCC1)Cc1nc2ccccc2s1. The van der Waals surface area contributed by atoms with Crippen LogP contribution in [-0.4, -0.2) is 11.0 Å². The number of benzene rings is 1. The van der Waals surface area contributed by atoms with Gasteiger partial charge in [-0.1, -0.05) is 23.8 Å². The van der Waals surface area contributed by atoms with Gasteiger partial charge in [0.1, 0.15) is 0 Å². The number of allylic oxidation sites excluding steroid dienone is 1. The van der Waals surface area contributed by atoms with E-state index in [1.165, 1.54) is 35.4 Å². The molecule has 106 valence electrons. The van der Waals surface area contributed by atoms with E-state index in [1.807, 2.05) is 6.07 Å². The smallest absolute Gasteiger partial charge is 0.0954 e. The summed E-state index contributed by atoms with van der Waals surface area (Å²) in [6, 6.07) is 8.60. The molecule has 3 rings (SSSR count). The van der Waals surface area contributed by atoms with Crippen molar-refractivity contribution in [2.75, 3.05) is 0 Å². The van der Waals surface area contributed by atoms with Crippen molar-refractivity contribution < 1.29 is 0 Å². The molecule has 1 aliphatic rings. The number of rotatable bonds is 5. The third-order valence-corrected chi connectivity index (χ3v) is 4.95. The Balaban J connectivity index is 1.69. The highest BCUT2D eigenvalue weighted by Crippen LogP contribution is 2.25. The second-order valence-corrected chi connectivity index (χ2v) is 6.57. The van der Waals surface area contributed by atoms with E-state index in [2.05, 4.69) is 29.7 Å². The Kier molecular flexibility index (Phi) is 4.45. The predicted octanol–water partition coefficient (Wildman–Crippen LogP) is 3.56. The Bertz CT molecular complexity index is 570. The lowest BCUT2D eigenvalue weighted by Gasteiger charge is -2.19. The molecule has 1 aliphatic carbocycles. The van der Waals surface area contributed by atoms with Crippen LogP contribution in [0.15, 0.2) is 35.9 Å². The fourth-order valence-corrected chi connectivity index (χ4v) is 3.86.